The number of hydrogen-bond donors (Lipinski definition) is 0. The molecule has 0 radical (unpaired) electrons. The summed E-state index contributed by atoms with van der Waals surface area (Å²) in [7, 11) is 0. The van der Waals surface area contributed by atoms with Gasteiger partial charge in [0, 0.05) is 32.6 Å². The summed E-state index contributed by atoms with van der Waals surface area (Å²) in [5.74, 6) is 0.836. The van der Waals surface area contributed by atoms with E-state index in [1.807, 2.05) is 67.3 Å². The van der Waals surface area contributed by atoms with E-state index in [0.717, 1.165) is 12.0 Å². The van der Waals surface area contributed by atoms with Gasteiger partial charge in [-0.2, -0.15) is 0 Å². The van der Waals surface area contributed by atoms with Crippen LogP contribution < -0.4 is 4.74 Å². The number of piperazine rings is 1. The van der Waals surface area contributed by atoms with Crippen LogP contribution in [-0.4, -0.2) is 54.4 Å². The monoisotopic (exact) mass is 380 g/mol. The van der Waals surface area contributed by atoms with Crippen molar-refractivity contribution in [2.24, 2.45) is 0 Å². The molecule has 2 aromatic carbocycles. The van der Waals surface area contributed by atoms with Crippen LogP contribution >= 0.6 is 0 Å². The van der Waals surface area contributed by atoms with Gasteiger partial charge in [-0.3, -0.25) is 9.59 Å². The Kier molecular flexibility index (Phi) is 6.69. The van der Waals surface area contributed by atoms with E-state index in [1.54, 1.807) is 4.90 Å². The van der Waals surface area contributed by atoms with Gasteiger partial charge in [0.1, 0.15) is 5.75 Å². The zero-order valence-corrected chi connectivity index (χ0v) is 16.7. The minimum Gasteiger partial charge on any atom is -0.484 e. The van der Waals surface area contributed by atoms with Crippen molar-refractivity contribution in [2.45, 2.75) is 26.7 Å². The summed E-state index contributed by atoms with van der Waals surface area (Å²) in [5.41, 5.74) is 3.52. The summed E-state index contributed by atoms with van der Waals surface area (Å²) in [4.78, 5) is 28.5. The molecule has 0 spiro atoms. The summed E-state index contributed by atoms with van der Waals surface area (Å²) < 4.78 is 5.65. The van der Waals surface area contributed by atoms with Gasteiger partial charge in [-0.1, -0.05) is 36.4 Å². The summed E-state index contributed by atoms with van der Waals surface area (Å²) in [5, 5.41) is 0. The van der Waals surface area contributed by atoms with E-state index in [2.05, 4.69) is 0 Å². The van der Waals surface area contributed by atoms with E-state index in [0.29, 0.717) is 38.3 Å². The molecule has 1 fully saturated rings. The zero-order valence-electron chi connectivity index (χ0n) is 16.7. The van der Waals surface area contributed by atoms with E-state index >= 15 is 0 Å². The summed E-state index contributed by atoms with van der Waals surface area (Å²) in [6.45, 7) is 6.40. The van der Waals surface area contributed by atoms with Crippen molar-refractivity contribution < 1.29 is 14.3 Å². The molecule has 0 bridgehead atoms. The molecule has 0 atom stereocenters. The van der Waals surface area contributed by atoms with E-state index in [9.17, 15) is 9.59 Å². The van der Waals surface area contributed by atoms with Crippen molar-refractivity contribution in [3.8, 4) is 5.75 Å². The lowest BCUT2D eigenvalue weighted by atomic mass is 10.1. The third-order valence-corrected chi connectivity index (χ3v) is 5.30. The van der Waals surface area contributed by atoms with Crippen LogP contribution in [0.2, 0.25) is 0 Å². The Balaban J connectivity index is 1.40. The first-order chi connectivity index (χ1) is 13.5. The highest BCUT2D eigenvalue weighted by Crippen LogP contribution is 2.16. The Morgan fingerprint density at radius 3 is 2.14 bits per heavy atom. The maximum Gasteiger partial charge on any atom is 0.260 e. The molecule has 2 aromatic rings. The molecule has 1 saturated heterocycles. The lowest BCUT2D eigenvalue weighted by molar-refractivity contribution is -0.140. The van der Waals surface area contributed by atoms with Crippen molar-refractivity contribution >= 4 is 11.8 Å². The average molecular weight is 380 g/mol. The predicted molar refractivity (Wildman–Crippen MR) is 109 cm³/mol. The number of carbonyl (C=O) groups excluding carboxylic acids is 2. The Labute approximate surface area is 166 Å². The Hall–Kier alpha value is -2.82. The van der Waals surface area contributed by atoms with Crippen molar-refractivity contribution in [1.29, 1.82) is 0 Å². The minimum atomic E-state index is -0.0328. The highest BCUT2D eigenvalue weighted by Gasteiger charge is 2.24. The molecule has 1 aliphatic rings. The van der Waals surface area contributed by atoms with Crippen LogP contribution in [0.15, 0.2) is 48.5 Å². The van der Waals surface area contributed by atoms with E-state index in [1.165, 1.54) is 11.1 Å². The van der Waals surface area contributed by atoms with Gasteiger partial charge in [0.2, 0.25) is 5.91 Å². The second-order valence-corrected chi connectivity index (χ2v) is 7.28. The molecule has 1 aliphatic heterocycles. The lowest BCUT2D eigenvalue weighted by Crippen LogP contribution is -2.51. The smallest absolute Gasteiger partial charge is 0.260 e. The molecule has 0 aliphatic carbocycles. The largest absolute Gasteiger partial charge is 0.484 e. The van der Waals surface area contributed by atoms with Gasteiger partial charge in [-0.05, 0) is 49.1 Å². The van der Waals surface area contributed by atoms with Gasteiger partial charge in [0.05, 0.1) is 0 Å². The molecule has 0 unspecified atom stereocenters. The van der Waals surface area contributed by atoms with E-state index in [4.69, 9.17) is 4.74 Å². The number of carbonyl (C=O) groups is 2. The molecule has 5 nitrogen and oxygen atoms in total. The van der Waals surface area contributed by atoms with Crippen LogP contribution in [0.3, 0.4) is 0 Å². The number of nitrogens with zero attached hydrogens (tertiary/aromatic N) is 2. The molecule has 3 rings (SSSR count). The molecule has 1 heterocycles. The number of rotatable bonds is 6. The first-order valence-corrected chi connectivity index (χ1v) is 9.82. The Morgan fingerprint density at radius 1 is 0.857 bits per heavy atom. The number of hydrogen-bond acceptors (Lipinski definition) is 3. The fourth-order valence-corrected chi connectivity index (χ4v) is 3.30. The third kappa shape index (κ3) is 5.35. The maximum atomic E-state index is 12.4. The SMILES string of the molecule is Cc1ccc(OCC(=O)N2CCN(C(=O)CCc3ccccc3)CC2)cc1C. The molecular weight excluding hydrogens is 352 g/mol. The molecular formula is C23H28N2O3. The number of amides is 2. The van der Waals surface area contributed by atoms with Crippen LogP contribution in [-0.2, 0) is 16.0 Å². The van der Waals surface area contributed by atoms with Gasteiger partial charge in [0.25, 0.3) is 5.91 Å². The zero-order chi connectivity index (χ0) is 19.9. The average Bonchev–Trinajstić information content (AvgIpc) is 2.73. The quantitative estimate of drug-likeness (QED) is 0.774. The molecule has 0 saturated carbocycles. The molecule has 148 valence electrons. The maximum absolute atomic E-state index is 12.4. The number of benzene rings is 2. The van der Waals surface area contributed by atoms with Gasteiger partial charge < -0.3 is 14.5 Å². The summed E-state index contributed by atoms with van der Waals surface area (Å²) in [6, 6.07) is 15.9. The van der Waals surface area contributed by atoms with Crippen LogP contribution in [0.4, 0.5) is 0 Å². The predicted octanol–water partition coefficient (Wildman–Crippen LogP) is 2.99. The van der Waals surface area contributed by atoms with Crippen molar-refractivity contribution in [2.75, 3.05) is 32.8 Å². The second-order valence-electron chi connectivity index (χ2n) is 7.28. The number of ether oxygens (including phenoxy) is 1. The van der Waals surface area contributed by atoms with Gasteiger partial charge in [-0.15, -0.1) is 0 Å². The van der Waals surface area contributed by atoms with Gasteiger partial charge in [0.15, 0.2) is 6.61 Å². The van der Waals surface area contributed by atoms with Crippen molar-refractivity contribution in [3.63, 3.8) is 0 Å². The summed E-state index contributed by atoms with van der Waals surface area (Å²) in [6.07, 6.45) is 1.26. The molecule has 0 N–H and O–H groups in total. The van der Waals surface area contributed by atoms with Gasteiger partial charge >= 0.3 is 0 Å². The van der Waals surface area contributed by atoms with E-state index in [-0.39, 0.29) is 18.4 Å². The third-order valence-electron chi connectivity index (χ3n) is 5.30. The van der Waals surface area contributed by atoms with Crippen LogP contribution in [0.1, 0.15) is 23.1 Å². The van der Waals surface area contributed by atoms with E-state index < -0.39 is 0 Å². The normalized spacial score (nSPS) is 14.1. The first kappa shape index (κ1) is 19.9. The molecule has 0 aromatic heterocycles. The van der Waals surface area contributed by atoms with Crippen LogP contribution in [0.25, 0.3) is 0 Å². The first-order valence-electron chi connectivity index (χ1n) is 9.82. The summed E-state index contributed by atoms with van der Waals surface area (Å²) >= 11 is 0. The second kappa shape index (κ2) is 9.40. The standard InChI is InChI=1S/C23H28N2O3/c1-18-8-10-21(16-19(18)2)28-17-23(27)25-14-12-24(13-15-25)22(26)11-9-20-6-4-3-5-7-20/h3-8,10,16H,9,11-15,17H2,1-2H3. The topological polar surface area (TPSA) is 49.9 Å². The molecule has 28 heavy (non-hydrogen) atoms. The Bertz CT molecular complexity index is 812. The molecule has 2 amide bonds. The number of aryl methyl sites for hydroxylation is 3. The van der Waals surface area contributed by atoms with Crippen molar-refractivity contribution in [1.82, 2.24) is 9.80 Å². The Morgan fingerprint density at radius 2 is 1.50 bits per heavy atom. The molecule has 5 heteroatoms. The van der Waals surface area contributed by atoms with Gasteiger partial charge in [-0.25, -0.2) is 0 Å². The van der Waals surface area contributed by atoms with Crippen LogP contribution in [0.5, 0.6) is 5.75 Å². The minimum absolute atomic E-state index is 0.0322. The fraction of sp³-hybridized carbons (Fsp3) is 0.391. The lowest BCUT2D eigenvalue weighted by Gasteiger charge is -2.34. The fourth-order valence-electron chi connectivity index (χ4n) is 3.30. The highest BCUT2D eigenvalue weighted by atomic mass is 16.5. The highest BCUT2D eigenvalue weighted by molar-refractivity contribution is 5.79. The van der Waals surface area contributed by atoms with Crippen LogP contribution in [0, 0.1) is 13.8 Å². The van der Waals surface area contributed by atoms with Crippen molar-refractivity contribution in [3.05, 3.63) is 65.2 Å².